The van der Waals surface area contributed by atoms with Crippen molar-refractivity contribution in [3.63, 3.8) is 0 Å². The number of carbonyl (C=O) groups excluding carboxylic acids is 1. The normalized spacial score (nSPS) is 11.4. The highest BCUT2D eigenvalue weighted by atomic mass is 32.2. The molecule has 33 heavy (non-hydrogen) atoms. The van der Waals surface area contributed by atoms with Gasteiger partial charge in [0, 0.05) is 28.4 Å². The Morgan fingerprint density at radius 2 is 1.70 bits per heavy atom. The van der Waals surface area contributed by atoms with Gasteiger partial charge in [0.05, 0.1) is 24.7 Å². The van der Waals surface area contributed by atoms with Gasteiger partial charge in [-0.1, -0.05) is 0 Å². The first kappa shape index (κ1) is 22.3. The van der Waals surface area contributed by atoms with E-state index in [1.165, 1.54) is 30.5 Å². The molecule has 0 aliphatic carbocycles. The molecule has 1 amide bonds. The predicted molar refractivity (Wildman–Crippen MR) is 119 cm³/mol. The van der Waals surface area contributed by atoms with Crippen LogP contribution in [0.3, 0.4) is 0 Å². The lowest BCUT2D eigenvalue weighted by molar-refractivity contribution is -0.115. The van der Waals surface area contributed by atoms with Crippen LogP contribution in [0.2, 0.25) is 0 Å². The second-order valence-corrected chi connectivity index (χ2v) is 8.79. The SMILES string of the molecule is COc1ccc2c(CC(=O)Nc3ccc(NS(=O)(=O)c4ccc(F)c(F)c4)cc3)coc2c1. The largest absolute Gasteiger partial charge is 0.497 e. The highest BCUT2D eigenvalue weighted by Crippen LogP contribution is 2.26. The number of nitrogens with one attached hydrogen (secondary N) is 2. The van der Waals surface area contributed by atoms with E-state index in [0.717, 1.165) is 17.5 Å². The van der Waals surface area contributed by atoms with Crippen LogP contribution in [0.5, 0.6) is 5.75 Å². The van der Waals surface area contributed by atoms with Crippen molar-refractivity contribution < 1.29 is 31.1 Å². The van der Waals surface area contributed by atoms with Crippen molar-refractivity contribution in [1.29, 1.82) is 0 Å². The minimum Gasteiger partial charge on any atom is -0.497 e. The van der Waals surface area contributed by atoms with Gasteiger partial charge in [-0.25, -0.2) is 17.2 Å². The van der Waals surface area contributed by atoms with E-state index in [9.17, 15) is 22.0 Å². The molecule has 10 heteroatoms. The molecular formula is C23H18F2N2O5S. The van der Waals surface area contributed by atoms with E-state index in [1.807, 2.05) is 6.07 Å². The van der Waals surface area contributed by atoms with Gasteiger partial charge in [0.2, 0.25) is 5.91 Å². The Kier molecular flexibility index (Phi) is 6.01. The lowest BCUT2D eigenvalue weighted by Crippen LogP contribution is -2.15. The fourth-order valence-corrected chi connectivity index (χ4v) is 4.26. The number of methoxy groups -OCH3 is 1. The fraction of sp³-hybridized carbons (Fsp3) is 0.0870. The smallest absolute Gasteiger partial charge is 0.261 e. The summed E-state index contributed by atoms with van der Waals surface area (Å²) in [6, 6.07) is 13.5. The number of furan rings is 1. The molecule has 0 unspecified atom stereocenters. The molecule has 0 radical (unpaired) electrons. The van der Waals surface area contributed by atoms with Crippen LogP contribution in [-0.2, 0) is 21.2 Å². The minimum absolute atomic E-state index is 0.0733. The molecule has 0 aliphatic heterocycles. The lowest BCUT2D eigenvalue weighted by atomic mass is 10.1. The van der Waals surface area contributed by atoms with Crippen molar-refractivity contribution in [2.45, 2.75) is 11.3 Å². The molecule has 7 nitrogen and oxygen atoms in total. The Balaban J connectivity index is 1.41. The Morgan fingerprint density at radius 1 is 0.970 bits per heavy atom. The minimum atomic E-state index is -4.11. The summed E-state index contributed by atoms with van der Waals surface area (Å²) in [7, 11) is -2.56. The van der Waals surface area contributed by atoms with Gasteiger partial charge in [-0.05, 0) is 54.6 Å². The maximum Gasteiger partial charge on any atom is 0.261 e. The van der Waals surface area contributed by atoms with Gasteiger partial charge >= 0.3 is 0 Å². The topological polar surface area (TPSA) is 97.6 Å². The lowest BCUT2D eigenvalue weighted by Gasteiger charge is -2.10. The molecule has 0 atom stereocenters. The van der Waals surface area contributed by atoms with Gasteiger partial charge in [-0.2, -0.15) is 0 Å². The van der Waals surface area contributed by atoms with E-state index in [1.54, 1.807) is 19.2 Å². The summed E-state index contributed by atoms with van der Waals surface area (Å²) in [4.78, 5) is 12.0. The van der Waals surface area contributed by atoms with Gasteiger partial charge in [0.1, 0.15) is 11.3 Å². The molecular weight excluding hydrogens is 454 g/mol. The first-order chi connectivity index (χ1) is 15.7. The number of benzene rings is 3. The van der Waals surface area contributed by atoms with Crippen LogP contribution in [0, 0.1) is 11.6 Å². The molecule has 2 N–H and O–H groups in total. The standard InChI is InChI=1S/C23H18F2N2O5S/c1-31-17-6-8-19-14(13-32-22(19)11-17)10-23(28)26-15-2-4-16(5-3-15)27-33(29,30)18-7-9-20(24)21(25)12-18/h2-9,11-13,27H,10H2,1H3,(H,26,28). The molecule has 1 aromatic heterocycles. The van der Waals surface area contributed by atoms with Crippen LogP contribution in [-0.4, -0.2) is 21.4 Å². The maximum absolute atomic E-state index is 13.4. The van der Waals surface area contributed by atoms with Gasteiger partial charge in [0.25, 0.3) is 10.0 Å². The first-order valence-electron chi connectivity index (χ1n) is 9.67. The Bertz CT molecular complexity index is 1430. The monoisotopic (exact) mass is 472 g/mol. The number of sulfonamides is 1. The van der Waals surface area contributed by atoms with E-state index in [-0.39, 0.29) is 18.0 Å². The molecule has 0 saturated carbocycles. The van der Waals surface area contributed by atoms with E-state index >= 15 is 0 Å². The molecule has 4 aromatic rings. The Hall–Kier alpha value is -3.92. The molecule has 4 rings (SSSR count). The summed E-state index contributed by atoms with van der Waals surface area (Å²) in [5.41, 5.74) is 1.95. The average Bonchev–Trinajstić information content (AvgIpc) is 3.18. The number of ether oxygens (including phenoxy) is 1. The number of rotatable bonds is 7. The van der Waals surface area contributed by atoms with E-state index < -0.39 is 26.6 Å². The van der Waals surface area contributed by atoms with Crippen molar-refractivity contribution in [3.8, 4) is 5.75 Å². The summed E-state index contributed by atoms with van der Waals surface area (Å²) in [5.74, 6) is -2.05. The van der Waals surface area contributed by atoms with Crippen LogP contribution in [0.25, 0.3) is 11.0 Å². The molecule has 0 aliphatic rings. The van der Waals surface area contributed by atoms with Crippen molar-refractivity contribution >= 4 is 38.3 Å². The quantitative estimate of drug-likeness (QED) is 0.406. The van der Waals surface area contributed by atoms with Crippen molar-refractivity contribution in [3.05, 3.63) is 84.1 Å². The van der Waals surface area contributed by atoms with Crippen LogP contribution in [0.4, 0.5) is 20.2 Å². The van der Waals surface area contributed by atoms with Crippen LogP contribution < -0.4 is 14.8 Å². The summed E-state index contributed by atoms with van der Waals surface area (Å²) >= 11 is 0. The molecule has 0 bridgehead atoms. The van der Waals surface area contributed by atoms with Gasteiger partial charge < -0.3 is 14.5 Å². The Morgan fingerprint density at radius 3 is 2.39 bits per heavy atom. The van der Waals surface area contributed by atoms with Gasteiger partial charge in [0.15, 0.2) is 11.6 Å². The zero-order valence-electron chi connectivity index (χ0n) is 17.3. The van der Waals surface area contributed by atoms with Gasteiger partial charge in [-0.15, -0.1) is 0 Å². The average molecular weight is 472 g/mol. The van der Waals surface area contributed by atoms with E-state index in [0.29, 0.717) is 28.6 Å². The third-order valence-corrected chi connectivity index (χ3v) is 6.22. The highest BCUT2D eigenvalue weighted by molar-refractivity contribution is 7.92. The summed E-state index contributed by atoms with van der Waals surface area (Å²) < 4.78 is 64.1. The van der Waals surface area contributed by atoms with Crippen molar-refractivity contribution in [1.82, 2.24) is 0 Å². The van der Waals surface area contributed by atoms with E-state index in [4.69, 9.17) is 9.15 Å². The maximum atomic E-state index is 13.4. The number of fused-ring (bicyclic) bond motifs is 1. The summed E-state index contributed by atoms with van der Waals surface area (Å²) in [5, 5.41) is 3.53. The van der Waals surface area contributed by atoms with Gasteiger partial charge in [-0.3, -0.25) is 9.52 Å². The molecule has 0 fully saturated rings. The Labute approximate surface area is 188 Å². The van der Waals surface area contributed by atoms with Crippen molar-refractivity contribution in [2.75, 3.05) is 17.1 Å². The van der Waals surface area contributed by atoms with E-state index in [2.05, 4.69) is 10.0 Å². The molecule has 170 valence electrons. The number of amides is 1. The second-order valence-electron chi connectivity index (χ2n) is 7.11. The number of anilines is 2. The third-order valence-electron chi connectivity index (χ3n) is 4.84. The third kappa shape index (κ3) is 4.96. The molecule has 0 spiro atoms. The molecule has 3 aromatic carbocycles. The van der Waals surface area contributed by atoms with Crippen molar-refractivity contribution in [2.24, 2.45) is 0 Å². The highest BCUT2D eigenvalue weighted by Gasteiger charge is 2.17. The predicted octanol–water partition coefficient (Wildman–Crippen LogP) is 4.70. The summed E-state index contributed by atoms with van der Waals surface area (Å²) in [6.45, 7) is 0. The van der Waals surface area contributed by atoms with Crippen LogP contribution in [0.1, 0.15) is 5.56 Å². The van der Waals surface area contributed by atoms with Crippen LogP contribution in [0.15, 0.2) is 76.2 Å². The number of halogens is 2. The first-order valence-corrected chi connectivity index (χ1v) is 11.2. The zero-order chi connectivity index (χ0) is 23.6. The molecule has 0 saturated heterocycles. The zero-order valence-corrected chi connectivity index (χ0v) is 18.1. The molecule has 1 heterocycles. The fourth-order valence-electron chi connectivity index (χ4n) is 3.19. The number of hydrogen-bond acceptors (Lipinski definition) is 5. The summed E-state index contributed by atoms with van der Waals surface area (Å²) in [6.07, 6.45) is 1.59. The number of carbonyl (C=O) groups is 1. The number of hydrogen-bond donors (Lipinski definition) is 2. The second kappa shape index (κ2) is 8.91. The van der Waals surface area contributed by atoms with Crippen LogP contribution >= 0.6 is 0 Å².